The molecule has 1 aliphatic heterocycles. The van der Waals surface area contributed by atoms with Gasteiger partial charge in [0.05, 0.1) is 0 Å². The smallest absolute Gasteiger partial charge is 0.253 e. The quantitative estimate of drug-likeness (QED) is 0.370. The second-order valence-corrected chi connectivity index (χ2v) is 9.75. The molecule has 1 amide bonds. The zero-order valence-corrected chi connectivity index (χ0v) is 21.8. The maximum absolute atomic E-state index is 13.8. The lowest BCUT2D eigenvalue weighted by atomic mass is 10.0. The monoisotopic (exact) mass is 488 g/mol. The molecule has 1 saturated heterocycles. The Labute approximate surface area is 214 Å². The summed E-state index contributed by atoms with van der Waals surface area (Å²) < 4.78 is 13.8. The van der Waals surface area contributed by atoms with E-state index in [1.807, 2.05) is 36.9 Å². The van der Waals surface area contributed by atoms with Crippen LogP contribution in [0.25, 0.3) is 0 Å². The van der Waals surface area contributed by atoms with E-state index in [4.69, 9.17) is 4.98 Å². The summed E-state index contributed by atoms with van der Waals surface area (Å²) in [6, 6.07) is 14.8. The number of rotatable bonds is 8. The van der Waals surface area contributed by atoms with Crippen molar-refractivity contribution in [2.75, 3.05) is 31.1 Å². The van der Waals surface area contributed by atoms with Gasteiger partial charge in [0, 0.05) is 49.4 Å². The van der Waals surface area contributed by atoms with Crippen LogP contribution in [0.15, 0.2) is 48.5 Å². The number of benzene rings is 2. The molecule has 0 atom stereocenters. The zero-order chi connectivity index (χ0) is 25.5. The Kier molecular flexibility index (Phi) is 8.68. The van der Waals surface area contributed by atoms with Crippen LogP contribution in [0.1, 0.15) is 71.2 Å². The van der Waals surface area contributed by atoms with E-state index in [1.165, 1.54) is 30.9 Å². The van der Waals surface area contributed by atoms with Crippen LogP contribution in [0.2, 0.25) is 0 Å². The van der Waals surface area contributed by atoms with Crippen LogP contribution in [0.4, 0.5) is 10.2 Å². The zero-order valence-electron chi connectivity index (χ0n) is 21.8. The van der Waals surface area contributed by atoms with Crippen molar-refractivity contribution in [2.45, 2.75) is 59.3 Å². The predicted molar refractivity (Wildman–Crippen MR) is 143 cm³/mol. The minimum atomic E-state index is -0.238. The Morgan fingerprint density at radius 3 is 2.50 bits per heavy atom. The van der Waals surface area contributed by atoms with Gasteiger partial charge >= 0.3 is 0 Å². The molecular weight excluding hydrogens is 451 g/mol. The Hall–Kier alpha value is -3.28. The Bertz CT molecular complexity index is 1180. The molecule has 3 aromatic rings. The summed E-state index contributed by atoms with van der Waals surface area (Å²) in [6.07, 6.45) is 6.14. The van der Waals surface area contributed by atoms with Crippen LogP contribution in [0.5, 0.6) is 0 Å². The van der Waals surface area contributed by atoms with Gasteiger partial charge < -0.3 is 9.80 Å². The number of halogens is 1. The molecule has 2 aromatic carbocycles. The van der Waals surface area contributed by atoms with Crippen molar-refractivity contribution >= 4 is 11.7 Å². The maximum Gasteiger partial charge on any atom is 0.253 e. The molecule has 1 aliphatic rings. The van der Waals surface area contributed by atoms with Crippen LogP contribution in [-0.4, -0.2) is 47.0 Å². The molecule has 6 heteroatoms. The van der Waals surface area contributed by atoms with Crippen molar-refractivity contribution in [3.63, 3.8) is 0 Å². The van der Waals surface area contributed by atoms with E-state index in [2.05, 4.69) is 28.9 Å². The molecule has 0 N–H and O–H groups in total. The summed E-state index contributed by atoms with van der Waals surface area (Å²) in [4.78, 5) is 26.9. The van der Waals surface area contributed by atoms with Crippen LogP contribution >= 0.6 is 0 Å². The number of aromatic nitrogens is 2. The van der Waals surface area contributed by atoms with Crippen molar-refractivity contribution < 1.29 is 9.18 Å². The highest BCUT2D eigenvalue weighted by molar-refractivity contribution is 5.94. The van der Waals surface area contributed by atoms with Gasteiger partial charge in [-0.15, -0.1) is 0 Å². The van der Waals surface area contributed by atoms with E-state index < -0.39 is 0 Å². The standard InChI is InChI=1S/C30H37FN4O/c1-4-5-6-9-24-12-14-26(15-13-24)30(36)35-17-8-16-34(18-19-35)29-28(22(2)32-23(3)33-29)21-25-10-7-11-27(31)20-25/h7,10-15,20H,4-6,8-9,16-19,21H2,1-3H3. The fourth-order valence-corrected chi connectivity index (χ4v) is 4.95. The number of unbranched alkanes of at least 4 members (excludes halogenated alkanes) is 2. The molecule has 0 bridgehead atoms. The molecule has 0 spiro atoms. The fourth-order valence-electron chi connectivity index (χ4n) is 4.95. The van der Waals surface area contributed by atoms with Crippen molar-refractivity contribution in [1.82, 2.24) is 14.9 Å². The lowest BCUT2D eigenvalue weighted by Gasteiger charge is -2.26. The number of carbonyl (C=O) groups excluding carboxylic acids is 1. The van der Waals surface area contributed by atoms with E-state index >= 15 is 0 Å². The largest absolute Gasteiger partial charge is 0.354 e. The van der Waals surface area contributed by atoms with Crippen molar-refractivity contribution in [3.8, 4) is 0 Å². The molecule has 190 valence electrons. The number of amides is 1. The van der Waals surface area contributed by atoms with Gasteiger partial charge in [-0.1, -0.05) is 44.0 Å². The predicted octanol–water partition coefficient (Wildman–Crippen LogP) is 5.91. The normalized spacial score (nSPS) is 14.1. The van der Waals surface area contributed by atoms with Gasteiger partial charge in [0.1, 0.15) is 17.5 Å². The van der Waals surface area contributed by atoms with Gasteiger partial charge in [0.15, 0.2) is 0 Å². The first-order valence-corrected chi connectivity index (χ1v) is 13.2. The third kappa shape index (κ3) is 6.48. The van der Waals surface area contributed by atoms with Gasteiger partial charge in [0.25, 0.3) is 5.91 Å². The van der Waals surface area contributed by atoms with Crippen LogP contribution in [-0.2, 0) is 12.8 Å². The number of anilines is 1. The fraction of sp³-hybridized carbons (Fsp3) is 0.433. The van der Waals surface area contributed by atoms with Crippen molar-refractivity contribution in [1.29, 1.82) is 0 Å². The molecule has 2 heterocycles. The highest BCUT2D eigenvalue weighted by Crippen LogP contribution is 2.26. The molecule has 4 rings (SSSR count). The van der Waals surface area contributed by atoms with Gasteiger partial charge in [-0.3, -0.25) is 4.79 Å². The Morgan fingerprint density at radius 1 is 0.944 bits per heavy atom. The number of nitrogens with zero attached hydrogens (tertiary/aromatic N) is 4. The summed E-state index contributed by atoms with van der Waals surface area (Å²) in [6.45, 7) is 8.98. The second-order valence-electron chi connectivity index (χ2n) is 9.75. The third-order valence-corrected chi connectivity index (χ3v) is 6.93. The van der Waals surface area contributed by atoms with E-state index in [9.17, 15) is 9.18 Å². The Morgan fingerprint density at radius 2 is 1.75 bits per heavy atom. The van der Waals surface area contributed by atoms with E-state index in [1.54, 1.807) is 12.1 Å². The van der Waals surface area contributed by atoms with Gasteiger partial charge in [-0.25, -0.2) is 14.4 Å². The molecular formula is C30H37FN4O. The summed E-state index contributed by atoms with van der Waals surface area (Å²) in [5.41, 5.74) is 4.88. The average molecular weight is 489 g/mol. The SMILES string of the molecule is CCCCCc1ccc(C(=O)N2CCCN(c3nc(C)nc(C)c3Cc3cccc(F)c3)CC2)cc1. The first-order chi connectivity index (χ1) is 17.4. The number of aryl methyl sites for hydroxylation is 3. The number of hydrogen-bond donors (Lipinski definition) is 0. The maximum atomic E-state index is 13.8. The Balaban J connectivity index is 1.47. The lowest BCUT2D eigenvalue weighted by molar-refractivity contribution is 0.0767. The molecule has 1 aromatic heterocycles. The molecule has 0 aliphatic carbocycles. The molecule has 5 nitrogen and oxygen atoms in total. The second kappa shape index (κ2) is 12.1. The first-order valence-electron chi connectivity index (χ1n) is 13.2. The topological polar surface area (TPSA) is 49.3 Å². The molecule has 0 unspecified atom stereocenters. The van der Waals surface area contributed by atoms with Crippen LogP contribution in [0.3, 0.4) is 0 Å². The summed E-state index contributed by atoms with van der Waals surface area (Å²) >= 11 is 0. The summed E-state index contributed by atoms with van der Waals surface area (Å²) in [5.74, 6) is 1.47. The van der Waals surface area contributed by atoms with Crippen LogP contribution in [0, 0.1) is 19.7 Å². The van der Waals surface area contributed by atoms with Gasteiger partial charge in [-0.05, 0) is 68.5 Å². The summed E-state index contributed by atoms with van der Waals surface area (Å²) in [7, 11) is 0. The molecule has 36 heavy (non-hydrogen) atoms. The van der Waals surface area contributed by atoms with E-state index in [0.717, 1.165) is 60.0 Å². The van der Waals surface area contributed by atoms with Gasteiger partial charge in [-0.2, -0.15) is 0 Å². The van der Waals surface area contributed by atoms with E-state index in [0.29, 0.717) is 19.5 Å². The molecule has 1 fully saturated rings. The lowest BCUT2D eigenvalue weighted by Crippen LogP contribution is -2.35. The molecule has 0 saturated carbocycles. The van der Waals surface area contributed by atoms with Crippen molar-refractivity contribution in [2.24, 2.45) is 0 Å². The third-order valence-electron chi connectivity index (χ3n) is 6.93. The molecule has 0 radical (unpaired) electrons. The average Bonchev–Trinajstić information content (AvgIpc) is 3.12. The first kappa shape index (κ1) is 25.8. The minimum absolute atomic E-state index is 0.0898. The highest BCUT2D eigenvalue weighted by atomic mass is 19.1. The number of hydrogen-bond acceptors (Lipinski definition) is 4. The van der Waals surface area contributed by atoms with Crippen molar-refractivity contribution in [3.05, 3.63) is 88.1 Å². The van der Waals surface area contributed by atoms with E-state index in [-0.39, 0.29) is 11.7 Å². The number of carbonyl (C=O) groups is 1. The highest BCUT2D eigenvalue weighted by Gasteiger charge is 2.24. The van der Waals surface area contributed by atoms with Crippen LogP contribution < -0.4 is 4.90 Å². The van der Waals surface area contributed by atoms with Gasteiger partial charge in [0.2, 0.25) is 0 Å². The summed E-state index contributed by atoms with van der Waals surface area (Å²) in [5, 5.41) is 0. The minimum Gasteiger partial charge on any atom is -0.354 e.